The highest BCUT2D eigenvalue weighted by Crippen LogP contribution is 2.33. The van der Waals surface area contributed by atoms with Crippen LogP contribution in [0.2, 0.25) is 0 Å². The molecule has 1 saturated heterocycles. The van der Waals surface area contributed by atoms with Gasteiger partial charge in [0.15, 0.2) is 0 Å². The second-order valence-corrected chi connectivity index (χ2v) is 6.11. The zero-order valence-electron chi connectivity index (χ0n) is 12.6. The summed E-state index contributed by atoms with van der Waals surface area (Å²) in [6, 6.07) is 5.80. The fourth-order valence-electron chi connectivity index (χ4n) is 3.11. The molecule has 1 aromatic carbocycles. The van der Waals surface area contributed by atoms with Gasteiger partial charge < -0.3 is 10.6 Å². The van der Waals surface area contributed by atoms with Crippen molar-refractivity contribution in [2.45, 2.75) is 38.9 Å². The number of hydrogen-bond acceptors (Lipinski definition) is 2. The number of alkyl halides is 3. The normalized spacial score (nSPS) is 22.3. The SMILES string of the molecule is Cc1ccc(C(N)CN2CCCC(C(F)(F)F)C2)c(C)c1. The third-order valence-electron chi connectivity index (χ3n) is 4.25. The Morgan fingerprint density at radius 3 is 2.67 bits per heavy atom. The molecule has 0 bridgehead atoms. The zero-order chi connectivity index (χ0) is 15.6. The van der Waals surface area contributed by atoms with Crippen LogP contribution in [0, 0.1) is 19.8 Å². The van der Waals surface area contributed by atoms with Crippen molar-refractivity contribution >= 4 is 0 Å². The maximum Gasteiger partial charge on any atom is 0.393 e. The van der Waals surface area contributed by atoms with Crippen molar-refractivity contribution in [2.75, 3.05) is 19.6 Å². The van der Waals surface area contributed by atoms with Gasteiger partial charge in [0, 0.05) is 19.1 Å². The Morgan fingerprint density at radius 2 is 2.05 bits per heavy atom. The Balaban J connectivity index is 2.00. The molecule has 2 atom stereocenters. The Bertz CT molecular complexity index is 485. The third kappa shape index (κ3) is 4.20. The van der Waals surface area contributed by atoms with Gasteiger partial charge in [0.25, 0.3) is 0 Å². The first-order valence-corrected chi connectivity index (χ1v) is 7.39. The summed E-state index contributed by atoms with van der Waals surface area (Å²) in [7, 11) is 0. The quantitative estimate of drug-likeness (QED) is 0.924. The fourth-order valence-corrected chi connectivity index (χ4v) is 3.11. The first-order valence-electron chi connectivity index (χ1n) is 7.39. The van der Waals surface area contributed by atoms with Crippen LogP contribution in [0.4, 0.5) is 13.2 Å². The second kappa shape index (κ2) is 6.36. The first kappa shape index (κ1) is 16.3. The average molecular weight is 300 g/mol. The highest BCUT2D eigenvalue weighted by molar-refractivity contribution is 5.32. The Hall–Kier alpha value is -1.07. The summed E-state index contributed by atoms with van der Waals surface area (Å²) in [5.41, 5.74) is 9.50. The van der Waals surface area contributed by atoms with Crippen LogP contribution >= 0.6 is 0 Å². The summed E-state index contributed by atoms with van der Waals surface area (Å²) in [5, 5.41) is 0. The Kier molecular flexibility index (Phi) is 4.94. The minimum atomic E-state index is -4.09. The van der Waals surface area contributed by atoms with Crippen molar-refractivity contribution in [3.63, 3.8) is 0 Å². The standard InChI is InChI=1S/C16H23F3N2/c1-11-5-6-14(12(2)8-11)15(20)10-21-7-3-4-13(9-21)16(17,18)19/h5-6,8,13,15H,3-4,7,9-10,20H2,1-2H3. The molecule has 0 saturated carbocycles. The summed E-state index contributed by atoms with van der Waals surface area (Å²) < 4.78 is 38.5. The van der Waals surface area contributed by atoms with Crippen LogP contribution in [0.1, 0.15) is 35.6 Å². The summed E-state index contributed by atoms with van der Waals surface area (Å²) in [6.45, 7) is 5.27. The molecule has 1 aliphatic rings. The fraction of sp³-hybridized carbons (Fsp3) is 0.625. The lowest BCUT2D eigenvalue weighted by molar-refractivity contribution is -0.186. The van der Waals surface area contributed by atoms with Crippen molar-refractivity contribution in [3.05, 3.63) is 34.9 Å². The molecule has 1 heterocycles. The lowest BCUT2D eigenvalue weighted by Gasteiger charge is -2.35. The van der Waals surface area contributed by atoms with Crippen molar-refractivity contribution in [1.29, 1.82) is 0 Å². The highest BCUT2D eigenvalue weighted by Gasteiger charge is 2.41. The molecule has 2 rings (SSSR count). The van der Waals surface area contributed by atoms with Crippen molar-refractivity contribution in [3.8, 4) is 0 Å². The lowest BCUT2D eigenvalue weighted by Crippen LogP contribution is -2.44. The van der Waals surface area contributed by atoms with Crippen molar-refractivity contribution in [2.24, 2.45) is 11.7 Å². The van der Waals surface area contributed by atoms with Gasteiger partial charge in [-0.15, -0.1) is 0 Å². The molecule has 0 radical (unpaired) electrons. The van der Waals surface area contributed by atoms with Crippen LogP contribution in [-0.4, -0.2) is 30.7 Å². The second-order valence-electron chi connectivity index (χ2n) is 6.11. The number of likely N-dealkylation sites (tertiary alicyclic amines) is 1. The molecule has 0 aliphatic carbocycles. The molecule has 1 aromatic rings. The van der Waals surface area contributed by atoms with Gasteiger partial charge in [-0.05, 0) is 44.4 Å². The Morgan fingerprint density at radius 1 is 1.33 bits per heavy atom. The summed E-state index contributed by atoms with van der Waals surface area (Å²) in [4.78, 5) is 1.85. The topological polar surface area (TPSA) is 29.3 Å². The summed E-state index contributed by atoms with van der Waals surface area (Å²) in [5.74, 6) is -1.21. The van der Waals surface area contributed by atoms with Gasteiger partial charge in [0.05, 0.1) is 5.92 Å². The zero-order valence-corrected chi connectivity index (χ0v) is 12.6. The third-order valence-corrected chi connectivity index (χ3v) is 4.25. The molecule has 118 valence electrons. The largest absolute Gasteiger partial charge is 0.393 e. The summed E-state index contributed by atoms with van der Waals surface area (Å²) >= 11 is 0. The van der Waals surface area contributed by atoms with E-state index < -0.39 is 12.1 Å². The number of benzene rings is 1. The molecule has 0 amide bonds. The number of nitrogens with two attached hydrogens (primary N) is 1. The van der Waals surface area contributed by atoms with E-state index in [-0.39, 0.29) is 19.0 Å². The van der Waals surface area contributed by atoms with E-state index in [1.165, 1.54) is 5.56 Å². The number of rotatable bonds is 3. The van der Waals surface area contributed by atoms with Gasteiger partial charge in [0.1, 0.15) is 0 Å². The highest BCUT2D eigenvalue weighted by atomic mass is 19.4. The number of nitrogens with zero attached hydrogens (tertiary/aromatic N) is 1. The van der Waals surface area contributed by atoms with E-state index in [2.05, 4.69) is 6.07 Å². The van der Waals surface area contributed by atoms with E-state index in [1.807, 2.05) is 30.9 Å². The van der Waals surface area contributed by atoms with Crippen molar-refractivity contribution in [1.82, 2.24) is 4.90 Å². The van der Waals surface area contributed by atoms with Crippen LogP contribution in [-0.2, 0) is 0 Å². The van der Waals surface area contributed by atoms with Crippen LogP contribution in [0.15, 0.2) is 18.2 Å². The first-order chi connectivity index (χ1) is 9.77. The Labute approximate surface area is 124 Å². The van der Waals surface area contributed by atoms with Gasteiger partial charge in [-0.25, -0.2) is 0 Å². The molecule has 21 heavy (non-hydrogen) atoms. The van der Waals surface area contributed by atoms with Crippen LogP contribution in [0.5, 0.6) is 0 Å². The molecule has 0 aromatic heterocycles. The number of piperidine rings is 1. The summed E-state index contributed by atoms with van der Waals surface area (Å²) in [6.07, 6.45) is -3.27. The molecular weight excluding hydrogens is 277 g/mol. The lowest BCUT2D eigenvalue weighted by atomic mass is 9.95. The van der Waals surface area contributed by atoms with Gasteiger partial charge in [-0.1, -0.05) is 23.8 Å². The predicted molar refractivity (Wildman–Crippen MR) is 78.1 cm³/mol. The maximum absolute atomic E-state index is 12.8. The maximum atomic E-state index is 12.8. The van der Waals surface area contributed by atoms with E-state index in [0.717, 1.165) is 11.1 Å². The number of halogens is 3. The van der Waals surface area contributed by atoms with Crippen LogP contribution < -0.4 is 5.73 Å². The van der Waals surface area contributed by atoms with E-state index >= 15 is 0 Å². The number of aryl methyl sites for hydroxylation is 2. The predicted octanol–water partition coefficient (Wildman–Crippen LogP) is 3.58. The molecule has 2 unspecified atom stereocenters. The molecule has 5 heteroatoms. The van der Waals surface area contributed by atoms with Gasteiger partial charge >= 0.3 is 6.18 Å². The van der Waals surface area contributed by atoms with Crippen LogP contribution in [0.25, 0.3) is 0 Å². The number of hydrogen-bond donors (Lipinski definition) is 1. The minimum Gasteiger partial charge on any atom is -0.323 e. The van der Waals surface area contributed by atoms with Crippen LogP contribution in [0.3, 0.4) is 0 Å². The van der Waals surface area contributed by atoms with E-state index in [9.17, 15) is 13.2 Å². The molecular formula is C16H23F3N2. The van der Waals surface area contributed by atoms with Crippen molar-refractivity contribution < 1.29 is 13.2 Å². The van der Waals surface area contributed by atoms with Gasteiger partial charge in [-0.3, -0.25) is 0 Å². The van der Waals surface area contributed by atoms with Gasteiger partial charge in [0.2, 0.25) is 0 Å². The molecule has 1 aliphatic heterocycles. The van der Waals surface area contributed by atoms with E-state index in [0.29, 0.717) is 19.5 Å². The van der Waals surface area contributed by atoms with E-state index in [4.69, 9.17) is 5.73 Å². The molecule has 2 N–H and O–H groups in total. The van der Waals surface area contributed by atoms with Gasteiger partial charge in [-0.2, -0.15) is 13.2 Å². The average Bonchev–Trinajstić information content (AvgIpc) is 2.37. The molecule has 2 nitrogen and oxygen atoms in total. The monoisotopic (exact) mass is 300 g/mol. The molecule has 1 fully saturated rings. The minimum absolute atomic E-state index is 0.0715. The molecule has 0 spiro atoms. The smallest absolute Gasteiger partial charge is 0.323 e. The van der Waals surface area contributed by atoms with E-state index in [1.54, 1.807) is 0 Å².